The average Bonchev–Trinajstić information content (AvgIpc) is 3.25. The molecular weight excluding hydrogens is 513 g/mol. The Morgan fingerprint density at radius 3 is 2.21 bits per heavy atom. The van der Waals surface area contributed by atoms with Gasteiger partial charge >= 0.3 is 5.69 Å². The Morgan fingerprint density at radius 1 is 0.921 bits per heavy atom. The Morgan fingerprint density at radius 2 is 1.58 bits per heavy atom. The second-order valence-electron chi connectivity index (χ2n) is 8.19. The summed E-state index contributed by atoms with van der Waals surface area (Å²) in [6.07, 6.45) is 0. The number of nitrogens with zero attached hydrogens (tertiary/aromatic N) is 5. The lowest BCUT2D eigenvalue weighted by atomic mass is 10.1. The molecule has 0 fully saturated rings. The van der Waals surface area contributed by atoms with Gasteiger partial charge < -0.3 is 9.57 Å². The van der Waals surface area contributed by atoms with Gasteiger partial charge in [0, 0.05) is 12.6 Å². The first kappa shape index (κ1) is 26.5. The monoisotopic (exact) mass is 533 g/mol. The van der Waals surface area contributed by atoms with Gasteiger partial charge in [-0.05, 0) is 59.7 Å². The van der Waals surface area contributed by atoms with Crippen LogP contribution in [0.5, 0.6) is 5.75 Å². The fraction of sp³-hybridized carbons (Fsp3) is 0.200. The smallest absolute Gasteiger partial charge is 0.368 e. The molecular formula is C25H20F5N5O3. The van der Waals surface area contributed by atoms with Gasteiger partial charge in [-0.1, -0.05) is 23.4 Å². The van der Waals surface area contributed by atoms with Crippen LogP contribution < -0.4 is 10.4 Å². The van der Waals surface area contributed by atoms with Gasteiger partial charge in [-0.25, -0.2) is 26.7 Å². The van der Waals surface area contributed by atoms with Crippen molar-refractivity contribution in [3.05, 3.63) is 104 Å². The minimum Gasteiger partial charge on any atom is -0.489 e. The molecule has 0 N–H and O–H groups in total. The Balaban J connectivity index is 1.46. The Labute approximate surface area is 212 Å². The van der Waals surface area contributed by atoms with E-state index in [1.54, 1.807) is 56.3 Å². The largest absolute Gasteiger partial charge is 0.489 e. The summed E-state index contributed by atoms with van der Waals surface area (Å²) in [5.74, 6) is -9.77. The number of para-hydroxylation sites is 1. The van der Waals surface area contributed by atoms with E-state index in [2.05, 4.69) is 15.6 Å². The van der Waals surface area contributed by atoms with Crippen LogP contribution in [0.15, 0.2) is 52.4 Å². The molecule has 0 atom stereocenters. The summed E-state index contributed by atoms with van der Waals surface area (Å²) in [5, 5.41) is 11.3. The van der Waals surface area contributed by atoms with Crippen LogP contribution in [0.4, 0.5) is 22.0 Å². The molecule has 0 aliphatic heterocycles. The van der Waals surface area contributed by atoms with E-state index in [-0.39, 0.29) is 12.3 Å². The number of rotatable bonds is 8. The number of hydrogen-bond acceptors (Lipinski definition) is 6. The van der Waals surface area contributed by atoms with E-state index >= 15 is 0 Å². The van der Waals surface area contributed by atoms with Gasteiger partial charge in [-0.15, -0.1) is 0 Å². The van der Waals surface area contributed by atoms with Crippen molar-refractivity contribution in [3.63, 3.8) is 0 Å². The third kappa shape index (κ3) is 5.12. The van der Waals surface area contributed by atoms with E-state index in [1.165, 1.54) is 11.7 Å². The van der Waals surface area contributed by atoms with Crippen molar-refractivity contribution in [3.8, 4) is 11.4 Å². The number of oxime groups is 1. The second-order valence-corrected chi connectivity index (χ2v) is 8.19. The van der Waals surface area contributed by atoms with Crippen LogP contribution in [-0.2, 0) is 25.1 Å². The normalized spacial score (nSPS) is 11.6. The number of tetrazole rings is 1. The summed E-state index contributed by atoms with van der Waals surface area (Å²) >= 11 is 0. The van der Waals surface area contributed by atoms with E-state index in [1.807, 2.05) is 0 Å². The summed E-state index contributed by atoms with van der Waals surface area (Å²) < 4.78 is 75.7. The summed E-state index contributed by atoms with van der Waals surface area (Å²) in [4.78, 5) is 17.1. The number of halogens is 5. The van der Waals surface area contributed by atoms with Crippen molar-refractivity contribution in [2.75, 3.05) is 0 Å². The number of aryl methyl sites for hydroxylation is 2. The average molecular weight is 533 g/mol. The van der Waals surface area contributed by atoms with Crippen molar-refractivity contribution in [1.29, 1.82) is 0 Å². The Kier molecular flexibility index (Phi) is 7.55. The predicted molar refractivity (Wildman–Crippen MR) is 125 cm³/mol. The first-order valence-electron chi connectivity index (χ1n) is 11.1. The number of benzene rings is 3. The van der Waals surface area contributed by atoms with Gasteiger partial charge in [-0.3, -0.25) is 0 Å². The molecule has 0 saturated carbocycles. The van der Waals surface area contributed by atoms with E-state index in [0.717, 1.165) is 4.68 Å². The molecule has 0 bridgehead atoms. The van der Waals surface area contributed by atoms with Crippen LogP contribution in [0.2, 0.25) is 0 Å². The zero-order valence-corrected chi connectivity index (χ0v) is 20.3. The number of aromatic nitrogens is 4. The molecule has 0 unspecified atom stereocenters. The summed E-state index contributed by atoms with van der Waals surface area (Å²) in [6, 6.07) is 12.1. The van der Waals surface area contributed by atoms with Crippen molar-refractivity contribution < 1.29 is 31.5 Å². The van der Waals surface area contributed by atoms with Crippen molar-refractivity contribution in [1.82, 2.24) is 19.8 Å². The minimum absolute atomic E-state index is 0.122. The molecule has 4 rings (SSSR count). The van der Waals surface area contributed by atoms with Crippen molar-refractivity contribution in [2.24, 2.45) is 12.2 Å². The molecule has 0 aliphatic rings. The van der Waals surface area contributed by atoms with Gasteiger partial charge in [-0.2, -0.15) is 9.36 Å². The third-order valence-electron chi connectivity index (χ3n) is 5.63. The first-order valence-corrected chi connectivity index (χ1v) is 11.1. The fourth-order valence-electron chi connectivity index (χ4n) is 3.52. The highest BCUT2D eigenvalue weighted by Crippen LogP contribution is 2.25. The van der Waals surface area contributed by atoms with Gasteiger partial charge in [0.2, 0.25) is 5.82 Å². The maximum Gasteiger partial charge on any atom is 0.368 e. The molecule has 0 spiro atoms. The molecule has 0 aliphatic carbocycles. The van der Waals surface area contributed by atoms with Crippen LogP contribution in [0.3, 0.4) is 0 Å². The third-order valence-corrected chi connectivity index (χ3v) is 5.63. The first-order chi connectivity index (χ1) is 18.1. The van der Waals surface area contributed by atoms with Gasteiger partial charge in [0.1, 0.15) is 19.0 Å². The van der Waals surface area contributed by atoms with Crippen LogP contribution in [0.1, 0.15) is 29.2 Å². The Hall–Kier alpha value is -4.55. The molecule has 0 saturated heterocycles. The minimum atomic E-state index is -2.24. The van der Waals surface area contributed by atoms with E-state index < -0.39 is 46.9 Å². The molecule has 1 aromatic heterocycles. The lowest BCUT2D eigenvalue weighted by Gasteiger charge is -2.13. The van der Waals surface area contributed by atoms with E-state index in [0.29, 0.717) is 28.1 Å². The molecule has 0 amide bonds. The molecule has 4 aromatic rings. The van der Waals surface area contributed by atoms with Crippen LogP contribution in [-0.4, -0.2) is 25.5 Å². The SMILES string of the molecule is C/C(=N/OCc1c(F)c(F)c(F)c(F)c1F)c1ccc(OCc2ccccc2-n2nnn(C)c2=O)c(C)c1. The molecule has 198 valence electrons. The van der Waals surface area contributed by atoms with Crippen LogP contribution in [0.25, 0.3) is 5.69 Å². The molecule has 8 nitrogen and oxygen atoms in total. The second kappa shape index (κ2) is 10.8. The van der Waals surface area contributed by atoms with Crippen LogP contribution in [0, 0.1) is 36.0 Å². The number of hydrogen-bond donors (Lipinski definition) is 0. The highest BCUT2D eigenvalue weighted by Gasteiger charge is 2.26. The van der Waals surface area contributed by atoms with Gasteiger partial charge in [0.15, 0.2) is 23.3 Å². The van der Waals surface area contributed by atoms with E-state index in [4.69, 9.17) is 9.57 Å². The quantitative estimate of drug-likeness (QED) is 0.110. The molecule has 13 heteroatoms. The maximum absolute atomic E-state index is 13.8. The maximum atomic E-state index is 13.8. The van der Waals surface area contributed by atoms with E-state index in [9.17, 15) is 26.7 Å². The van der Waals surface area contributed by atoms with Gasteiger partial charge in [0.05, 0.1) is 17.0 Å². The highest BCUT2D eigenvalue weighted by molar-refractivity contribution is 5.98. The van der Waals surface area contributed by atoms with Crippen LogP contribution >= 0.6 is 0 Å². The molecule has 3 aromatic carbocycles. The summed E-state index contributed by atoms with van der Waals surface area (Å²) in [7, 11) is 1.49. The summed E-state index contributed by atoms with van der Waals surface area (Å²) in [5.41, 5.74) is 1.25. The van der Waals surface area contributed by atoms with Crippen molar-refractivity contribution in [2.45, 2.75) is 27.1 Å². The zero-order chi connectivity index (χ0) is 27.6. The number of ether oxygens (including phenoxy) is 1. The topological polar surface area (TPSA) is 83.5 Å². The predicted octanol–water partition coefficient (Wildman–Crippen LogP) is 4.49. The zero-order valence-electron chi connectivity index (χ0n) is 20.3. The van der Waals surface area contributed by atoms with Gasteiger partial charge in [0.25, 0.3) is 0 Å². The highest BCUT2D eigenvalue weighted by atomic mass is 19.2. The van der Waals surface area contributed by atoms with Crippen molar-refractivity contribution >= 4 is 5.71 Å². The lowest BCUT2D eigenvalue weighted by molar-refractivity contribution is 0.123. The molecule has 0 radical (unpaired) electrons. The molecule has 38 heavy (non-hydrogen) atoms. The molecule has 1 heterocycles. The fourth-order valence-corrected chi connectivity index (χ4v) is 3.52. The Bertz CT molecular complexity index is 1570. The lowest BCUT2D eigenvalue weighted by Crippen LogP contribution is -2.23. The standard InChI is InChI=1S/C25H20F5N5O3/c1-13-10-15(14(2)31-38-12-17-20(26)22(28)24(30)23(29)21(17)27)8-9-19(13)37-11-16-6-4-5-7-18(16)35-25(36)34(3)32-33-35/h4-10H,11-12H2,1-3H3/b31-14-. The summed E-state index contributed by atoms with van der Waals surface area (Å²) in [6.45, 7) is 2.48.